The van der Waals surface area contributed by atoms with Crippen LogP contribution in [-0.4, -0.2) is 44.7 Å². The van der Waals surface area contributed by atoms with Crippen LogP contribution in [0.15, 0.2) is 60.7 Å². The number of piperidine rings is 1. The Balaban J connectivity index is 1.59. The summed E-state index contributed by atoms with van der Waals surface area (Å²) in [5.41, 5.74) is 5.98. The number of ether oxygens (including phenoxy) is 3. The summed E-state index contributed by atoms with van der Waals surface area (Å²) in [7, 11) is 4.78. The molecule has 1 aliphatic heterocycles. The number of benzene rings is 3. The molecule has 1 unspecified atom stereocenters. The SMILES string of the molecule is COc1cc(CC(=O)N2CCCCC2CC(c2ccc(C)cc2)c2ccc(C)cc2)cc(OC)c1OC. The minimum absolute atomic E-state index is 0.144. The van der Waals surface area contributed by atoms with E-state index in [-0.39, 0.29) is 17.9 Å². The van der Waals surface area contributed by atoms with E-state index in [4.69, 9.17) is 14.2 Å². The van der Waals surface area contributed by atoms with Crippen LogP contribution in [0.2, 0.25) is 0 Å². The molecule has 0 saturated carbocycles. The average molecular weight is 502 g/mol. The standard InChI is InChI=1S/C32H39NO4/c1-22-9-13-25(14-10-22)28(26-15-11-23(2)12-16-26)21-27-8-6-7-17-33(27)31(34)20-24-18-29(35-3)32(37-5)30(19-24)36-4/h9-16,18-19,27-28H,6-8,17,20-21H2,1-5H3. The van der Waals surface area contributed by atoms with E-state index < -0.39 is 0 Å². The molecule has 5 heteroatoms. The molecule has 1 atom stereocenters. The second-order valence-corrected chi connectivity index (χ2v) is 10.1. The van der Waals surface area contributed by atoms with Gasteiger partial charge in [-0.05, 0) is 68.4 Å². The number of carbonyl (C=O) groups excluding carboxylic acids is 1. The van der Waals surface area contributed by atoms with Crippen molar-refractivity contribution in [1.82, 2.24) is 4.90 Å². The highest BCUT2D eigenvalue weighted by Gasteiger charge is 2.30. The van der Waals surface area contributed by atoms with Crippen LogP contribution in [0.1, 0.15) is 59.4 Å². The van der Waals surface area contributed by atoms with E-state index >= 15 is 0 Å². The molecule has 3 aromatic rings. The molecule has 1 fully saturated rings. The predicted octanol–water partition coefficient (Wildman–Crippen LogP) is 6.48. The third kappa shape index (κ3) is 6.27. The maximum absolute atomic E-state index is 13.7. The molecular formula is C32H39NO4. The van der Waals surface area contributed by atoms with Gasteiger partial charge in [-0.1, -0.05) is 59.7 Å². The number of likely N-dealkylation sites (tertiary alicyclic amines) is 1. The lowest BCUT2D eigenvalue weighted by Crippen LogP contribution is -2.45. The summed E-state index contributed by atoms with van der Waals surface area (Å²) < 4.78 is 16.5. The Morgan fingerprint density at radius 3 is 1.86 bits per heavy atom. The van der Waals surface area contributed by atoms with Crippen molar-refractivity contribution in [2.24, 2.45) is 0 Å². The van der Waals surface area contributed by atoms with Gasteiger partial charge in [0.2, 0.25) is 11.7 Å². The summed E-state index contributed by atoms with van der Waals surface area (Å²) in [5, 5.41) is 0. The average Bonchev–Trinajstić information content (AvgIpc) is 2.92. The molecule has 0 aliphatic carbocycles. The molecule has 3 aromatic carbocycles. The van der Waals surface area contributed by atoms with Crippen LogP contribution in [0.4, 0.5) is 0 Å². The lowest BCUT2D eigenvalue weighted by molar-refractivity contribution is -0.134. The summed E-state index contributed by atoms with van der Waals surface area (Å²) in [4.78, 5) is 15.8. The highest BCUT2D eigenvalue weighted by Crippen LogP contribution is 2.39. The largest absolute Gasteiger partial charge is 0.493 e. The van der Waals surface area contributed by atoms with Crippen LogP contribution in [0.3, 0.4) is 0 Å². The Morgan fingerprint density at radius 1 is 0.838 bits per heavy atom. The van der Waals surface area contributed by atoms with Crippen molar-refractivity contribution in [3.8, 4) is 17.2 Å². The topological polar surface area (TPSA) is 48.0 Å². The first kappa shape index (κ1) is 26.6. The van der Waals surface area contributed by atoms with Crippen LogP contribution in [0.25, 0.3) is 0 Å². The Hall–Kier alpha value is -3.47. The Labute approximate surface area is 221 Å². The molecule has 4 rings (SSSR count). The molecule has 1 saturated heterocycles. The lowest BCUT2D eigenvalue weighted by Gasteiger charge is -2.38. The van der Waals surface area contributed by atoms with Crippen LogP contribution >= 0.6 is 0 Å². The predicted molar refractivity (Wildman–Crippen MR) is 148 cm³/mol. The molecule has 5 nitrogen and oxygen atoms in total. The van der Waals surface area contributed by atoms with Gasteiger partial charge in [0, 0.05) is 18.5 Å². The number of methoxy groups -OCH3 is 3. The van der Waals surface area contributed by atoms with Gasteiger partial charge >= 0.3 is 0 Å². The Bertz CT molecular complexity index is 1120. The minimum Gasteiger partial charge on any atom is -0.493 e. The van der Waals surface area contributed by atoms with E-state index in [2.05, 4.69) is 67.3 Å². The van der Waals surface area contributed by atoms with E-state index in [1.54, 1.807) is 21.3 Å². The molecule has 1 aliphatic rings. The molecule has 0 radical (unpaired) electrons. The fourth-order valence-corrected chi connectivity index (χ4v) is 5.42. The second-order valence-electron chi connectivity index (χ2n) is 10.1. The molecule has 0 spiro atoms. The number of nitrogens with zero attached hydrogens (tertiary/aromatic N) is 1. The molecule has 1 heterocycles. The quantitative estimate of drug-likeness (QED) is 0.337. The number of carbonyl (C=O) groups is 1. The van der Waals surface area contributed by atoms with E-state index in [0.29, 0.717) is 23.7 Å². The van der Waals surface area contributed by atoms with Crippen molar-refractivity contribution in [3.05, 3.63) is 88.5 Å². The number of rotatable bonds is 9. The van der Waals surface area contributed by atoms with Crippen molar-refractivity contribution in [3.63, 3.8) is 0 Å². The zero-order valence-corrected chi connectivity index (χ0v) is 22.8. The first-order valence-corrected chi connectivity index (χ1v) is 13.1. The maximum atomic E-state index is 13.7. The molecular weight excluding hydrogens is 462 g/mol. The van der Waals surface area contributed by atoms with Gasteiger partial charge in [0.1, 0.15) is 0 Å². The first-order chi connectivity index (χ1) is 17.9. The number of hydrogen-bond acceptors (Lipinski definition) is 4. The second kappa shape index (κ2) is 12.2. The molecule has 0 bridgehead atoms. The fraction of sp³-hybridized carbons (Fsp3) is 0.406. The van der Waals surface area contributed by atoms with Crippen molar-refractivity contribution in [1.29, 1.82) is 0 Å². The Morgan fingerprint density at radius 2 is 1.38 bits per heavy atom. The van der Waals surface area contributed by atoms with E-state index in [0.717, 1.165) is 37.8 Å². The zero-order chi connectivity index (χ0) is 26.4. The van der Waals surface area contributed by atoms with Crippen LogP contribution in [0.5, 0.6) is 17.2 Å². The first-order valence-electron chi connectivity index (χ1n) is 13.1. The summed E-state index contributed by atoms with van der Waals surface area (Å²) in [6.45, 7) is 5.03. The summed E-state index contributed by atoms with van der Waals surface area (Å²) in [6.07, 6.45) is 4.42. The van der Waals surface area contributed by atoms with E-state index in [1.807, 2.05) is 12.1 Å². The summed E-state index contributed by atoms with van der Waals surface area (Å²) in [5.74, 6) is 2.06. The number of hydrogen-bond donors (Lipinski definition) is 0. The lowest BCUT2D eigenvalue weighted by atomic mass is 9.82. The van der Waals surface area contributed by atoms with Gasteiger partial charge in [-0.3, -0.25) is 4.79 Å². The zero-order valence-electron chi connectivity index (χ0n) is 22.8. The van der Waals surface area contributed by atoms with Gasteiger partial charge < -0.3 is 19.1 Å². The van der Waals surface area contributed by atoms with Gasteiger partial charge in [-0.25, -0.2) is 0 Å². The third-order valence-electron chi connectivity index (χ3n) is 7.49. The van der Waals surface area contributed by atoms with Crippen LogP contribution < -0.4 is 14.2 Å². The normalized spacial score (nSPS) is 15.5. The summed E-state index contributed by atoms with van der Waals surface area (Å²) >= 11 is 0. The van der Waals surface area contributed by atoms with Gasteiger partial charge in [-0.15, -0.1) is 0 Å². The van der Waals surface area contributed by atoms with Crippen molar-refractivity contribution in [2.45, 2.75) is 57.9 Å². The van der Waals surface area contributed by atoms with Crippen LogP contribution in [0, 0.1) is 13.8 Å². The highest BCUT2D eigenvalue weighted by molar-refractivity contribution is 5.80. The van der Waals surface area contributed by atoms with E-state index in [1.165, 1.54) is 22.3 Å². The molecule has 196 valence electrons. The number of amides is 1. The van der Waals surface area contributed by atoms with Gasteiger partial charge in [-0.2, -0.15) is 0 Å². The molecule has 1 amide bonds. The van der Waals surface area contributed by atoms with Crippen LogP contribution in [-0.2, 0) is 11.2 Å². The minimum atomic E-state index is 0.144. The monoisotopic (exact) mass is 501 g/mol. The van der Waals surface area contributed by atoms with Crippen molar-refractivity contribution < 1.29 is 19.0 Å². The van der Waals surface area contributed by atoms with Gasteiger partial charge in [0.25, 0.3) is 0 Å². The summed E-state index contributed by atoms with van der Waals surface area (Å²) in [6, 6.07) is 21.6. The van der Waals surface area contributed by atoms with E-state index in [9.17, 15) is 4.79 Å². The van der Waals surface area contributed by atoms with Gasteiger partial charge in [0.05, 0.1) is 27.8 Å². The fourth-order valence-electron chi connectivity index (χ4n) is 5.42. The van der Waals surface area contributed by atoms with Crippen molar-refractivity contribution >= 4 is 5.91 Å². The Kier molecular flexibility index (Phi) is 8.75. The molecule has 0 N–H and O–H groups in total. The number of aryl methyl sites for hydroxylation is 2. The smallest absolute Gasteiger partial charge is 0.227 e. The molecule has 37 heavy (non-hydrogen) atoms. The third-order valence-corrected chi connectivity index (χ3v) is 7.49. The van der Waals surface area contributed by atoms with Gasteiger partial charge in [0.15, 0.2) is 11.5 Å². The van der Waals surface area contributed by atoms with Crippen molar-refractivity contribution in [2.75, 3.05) is 27.9 Å². The highest BCUT2D eigenvalue weighted by atomic mass is 16.5. The molecule has 0 aromatic heterocycles. The maximum Gasteiger partial charge on any atom is 0.227 e.